The predicted molar refractivity (Wildman–Crippen MR) is 161 cm³/mol. The number of amides is 1. The molecule has 1 fully saturated rings. The van der Waals surface area contributed by atoms with Gasteiger partial charge in [0.15, 0.2) is 0 Å². The van der Waals surface area contributed by atoms with E-state index in [1.807, 2.05) is 30.6 Å². The molecule has 0 spiro atoms. The largest absolute Gasteiger partial charge is 0.356 e. The van der Waals surface area contributed by atoms with E-state index in [-0.39, 0.29) is 11.9 Å². The maximum absolute atomic E-state index is 13.7. The summed E-state index contributed by atoms with van der Waals surface area (Å²) >= 11 is 0. The zero-order valence-electron chi connectivity index (χ0n) is 22.9. The van der Waals surface area contributed by atoms with Crippen molar-refractivity contribution in [2.24, 2.45) is 4.99 Å². The van der Waals surface area contributed by atoms with Crippen LogP contribution in [0.3, 0.4) is 0 Å². The summed E-state index contributed by atoms with van der Waals surface area (Å²) in [6, 6.07) is 30.2. The van der Waals surface area contributed by atoms with E-state index >= 15 is 0 Å². The maximum atomic E-state index is 13.7. The van der Waals surface area contributed by atoms with Crippen molar-refractivity contribution in [1.29, 1.82) is 0 Å². The highest BCUT2D eigenvalue weighted by atomic mass is 16.2. The summed E-state index contributed by atoms with van der Waals surface area (Å²) in [6.45, 7) is 7.50. The average Bonchev–Trinajstić information content (AvgIpc) is 3.42. The number of unbranched alkanes of at least 4 members (excludes halogenated alkanes) is 1. The first-order valence-corrected chi connectivity index (χ1v) is 14.4. The molecule has 2 aliphatic heterocycles. The van der Waals surface area contributed by atoms with Gasteiger partial charge in [-0.05, 0) is 45.7 Å². The standard InChI is InChI=1S/C34H38N4O/c1-2-3-13-31-24-38(34(39)33-15-8-12-28-10-6-7-14-32(28)33)19-18-37(31)23-30-22-36(25-35-30)21-26-16-17-27-9-4-5-11-29(27)20-26/h4-12,14-17,20,25,30-31H,2-3,13,18-19,21-24H2,1H3. The van der Waals surface area contributed by atoms with Gasteiger partial charge in [0, 0.05) is 50.9 Å². The molecule has 0 saturated carbocycles. The van der Waals surface area contributed by atoms with Crippen molar-refractivity contribution >= 4 is 33.8 Å². The van der Waals surface area contributed by atoms with Gasteiger partial charge in [0.2, 0.25) is 0 Å². The van der Waals surface area contributed by atoms with E-state index in [0.717, 1.165) is 62.0 Å². The van der Waals surface area contributed by atoms with Crippen molar-refractivity contribution in [3.63, 3.8) is 0 Å². The van der Waals surface area contributed by atoms with Crippen LogP contribution >= 0.6 is 0 Å². The second kappa shape index (κ2) is 11.6. The molecule has 0 aromatic heterocycles. The first kappa shape index (κ1) is 25.6. The summed E-state index contributed by atoms with van der Waals surface area (Å²) in [7, 11) is 0. The zero-order chi connectivity index (χ0) is 26.6. The van der Waals surface area contributed by atoms with Gasteiger partial charge in [-0.2, -0.15) is 0 Å². The molecule has 0 N–H and O–H groups in total. The van der Waals surface area contributed by atoms with Gasteiger partial charge in [-0.1, -0.05) is 92.6 Å². The number of benzene rings is 4. The van der Waals surface area contributed by atoms with E-state index in [9.17, 15) is 4.79 Å². The van der Waals surface area contributed by atoms with Gasteiger partial charge >= 0.3 is 0 Å². The molecule has 0 radical (unpaired) electrons. The molecule has 0 aliphatic carbocycles. The van der Waals surface area contributed by atoms with Crippen molar-refractivity contribution < 1.29 is 4.79 Å². The van der Waals surface area contributed by atoms with Crippen LogP contribution < -0.4 is 0 Å². The fourth-order valence-electron chi connectivity index (χ4n) is 6.22. The number of hydrogen-bond donors (Lipinski definition) is 0. The summed E-state index contributed by atoms with van der Waals surface area (Å²) in [5.74, 6) is 0.161. The van der Waals surface area contributed by atoms with Gasteiger partial charge in [0.05, 0.1) is 12.4 Å². The number of fused-ring (bicyclic) bond motifs is 2. The quantitative estimate of drug-likeness (QED) is 0.278. The van der Waals surface area contributed by atoms with Crippen molar-refractivity contribution in [3.05, 3.63) is 96.1 Å². The Morgan fingerprint density at radius 3 is 2.54 bits per heavy atom. The van der Waals surface area contributed by atoms with Crippen molar-refractivity contribution in [3.8, 4) is 0 Å². The summed E-state index contributed by atoms with van der Waals surface area (Å²) in [4.78, 5) is 25.6. The summed E-state index contributed by atoms with van der Waals surface area (Å²) in [5, 5.41) is 4.74. The molecule has 0 bridgehead atoms. The lowest BCUT2D eigenvalue weighted by Gasteiger charge is -2.42. The lowest BCUT2D eigenvalue weighted by molar-refractivity contribution is 0.0443. The molecule has 2 unspecified atom stereocenters. The highest BCUT2D eigenvalue weighted by molar-refractivity contribution is 6.07. The van der Waals surface area contributed by atoms with Gasteiger partial charge in [-0.25, -0.2) is 0 Å². The van der Waals surface area contributed by atoms with Crippen LogP contribution in [-0.4, -0.2) is 71.8 Å². The minimum atomic E-state index is 0.161. The predicted octanol–water partition coefficient (Wildman–Crippen LogP) is 6.22. The fraction of sp³-hybridized carbons (Fsp3) is 0.353. The molecular formula is C34H38N4O. The molecular weight excluding hydrogens is 480 g/mol. The molecule has 39 heavy (non-hydrogen) atoms. The van der Waals surface area contributed by atoms with E-state index in [4.69, 9.17) is 4.99 Å². The molecule has 4 aromatic rings. The molecule has 1 amide bonds. The fourth-order valence-corrected chi connectivity index (χ4v) is 6.22. The second-order valence-electron chi connectivity index (χ2n) is 11.1. The Hall–Kier alpha value is -3.70. The van der Waals surface area contributed by atoms with E-state index in [0.29, 0.717) is 6.04 Å². The average molecular weight is 519 g/mol. The summed E-state index contributed by atoms with van der Waals surface area (Å²) < 4.78 is 0. The number of piperazine rings is 1. The highest BCUT2D eigenvalue weighted by Gasteiger charge is 2.32. The van der Waals surface area contributed by atoms with Gasteiger partial charge < -0.3 is 9.80 Å². The van der Waals surface area contributed by atoms with Crippen LogP contribution in [-0.2, 0) is 6.54 Å². The summed E-state index contributed by atoms with van der Waals surface area (Å²) in [5.41, 5.74) is 2.14. The first-order valence-electron chi connectivity index (χ1n) is 14.4. The lowest BCUT2D eigenvalue weighted by Crippen LogP contribution is -2.56. The van der Waals surface area contributed by atoms with Crippen LogP contribution in [0.4, 0.5) is 0 Å². The van der Waals surface area contributed by atoms with Gasteiger partial charge in [-0.3, -0.25) is 14.7 Å². The molecule has 2 atom stereocenters. The first-order chi connectivity index (χ1) is 19.2. The molecule has 5 heteroatoms. The minimum absolute atomic E-state index is 0.161. The van der Waals surface area contributed by atoms with Crippen LogP contribution in [0.2, 0.25) is 0 Å². The third kappa shape index (κ3) is 5.69. The van der Waals surface area contributed by atoms with Crippen molar-refractivity contribution in [1.82, 2.24) is 14.7 Å². The Kier molecular flexibility index (Phi) is 7.60. The smallest absolute Gasteiger partial charge is 0.254 e. The van der Waals surface area contributed by atoms with Crippen LogP contribution in [0.25, 0.3) is 21.5 Å². The SMILES string of the molecule is CCCCC1CN(C(=O)c2cccc3ccccc23)CCN1CC1CN(Cc2ccc3ccccc3c2)C=N1. The Balaban J connectivity index is 1.09. The van der Waals surface area contributed by atoms with E-state index in [1.54, 1.807) is 0 Å². The molecule has 5 nitrogen and oxygen atoms in total. The van der Waals surface area contributed by atoms with E-state index in [1.165, 1.54) is 29.2 Å². The third-order valence-electron chi connectivity index (χ3n) is 8.33. The second-order valence-corrected chi connectivity index (χ2v) is 11.1. The zero-order valence-corrected chi connectivity index (χ0v) is 22.9. The van der Waals surface area contributed by atoms with Crippen molar-refractivity contribution in [2.45, 2.75) is 44.8 Å². The molecule has 200 valence electrons. The van der Waals surface area contributed by atoms with Gasteiger partial charge in [-0.15, -0.1) is 0 Å². The molecule has 2 aliphatic rings. The lowest BCUT2D eigenvalue weighted by atomic mass is 10.0. The Morgan fingerprint density at radius 2 is 1.67 bits per heavy atom. The van der Waals surface area contributed by atoms with E-state index in [2.05, 4.69) is 82.3 Å². The van der Waals surface area contributed by atoms with Crippen molar-refractivity contribution in [2.75, 3.05) is 32.7 Å². The number of rotatable bonds is 8. The number of carbonyl (C=O) groups excluding carboxylic acids is 1. The van der Waals surface area contributed by atoms with Crippen LogP contribution in [0.5, 0.6) is 0 Å². The number of aliphatic imine (C=N–C) groups is 1. The highest BCUT2D eigenvalue weighted by Crippen LogP contribution is 2.24. The third-order valence-corrected chi connectivity index (χ3v) is 8.33. The minimum Gasteiger partial charge on any atom is -0.356 e. The topological polar surface area (TPSA) is 39.2 Å². The Bertz CT molecular complexity index is 1480. The Morgan fingerprint density at radius 1 is 0.872 bits per heavy atom. The maximum Gasteiger partial charge on any atom is 0.254 e. The number of carbonyl (C=O) groups is 1. The van der Waals surface area contributed by atoms with Gasteiger partial charge in [0.1, 0.15) is 0 Å². The Labute approximate surface area is 231 Å². The monoisotopic (exact) mass is 518 g/mol. The summed E-state index contributed by atoms with van der Waals surface area (Å²) in [6.07, 6.45) is 5.51. The number of nitrogens with zero attached hydrogens (tertiary/aromatic N) is 4. The number of hydrogen-bond acceptors (Lipinski definition) is 4. The molecule has 1 saturated heterocycles. The molecule has 2 heterocycles. The molecule has 6 rings (SSSR count). The normalized spacial score (nSPS) is 19.8. The molecule has 4 aromatic carbocycles. The van der Waals surface area contributed by atoms with Gasteiger partial charge in [0.25, 0.3) is 5.91 Å². The van der Waals surface area contributed by atoms with Crippen LogP contribution in [0.1, 0.15) is 42.1 Å². The van der Waals surface area contributed by atoms with Crippen LogP contribution in [0, 0.1) is 0 Å². The van der Waals surface area contributed by atoms with Crippen LogP contribution in [0.15, 0.2) is 89.9 Å². The van der Waals surface area contributed by atoms with E-state index < -0.39 is 0 Å².